The standard InChI is InChI=1S/C25H42N2O6S4/c1-4-5-6-9-19(37-36-15-18(3)23(29)27-13-8-11-21(27)25(32)33)16-35-34-14-17(2)22(28)26-12-7-10-20(26)24(30)31/h17-21H,4-16H2,1-3H3,(H,30,31)(H,32,33)/t17-,18-,19+,20+,21+/m1/s1. The number of nitrogens with zero attached hydrogens (tertiary/aromatic N) is 2. The molecule has 0 saturated carbocycles. The zero-order chi connectivity index (χ0) is 27.4. The fourth-order valence-corrected chi connectivity index (χ4v) is 10.9. The average molecular weight is 595 g/mol. The number of hydrogen-bond donors (Lipinski definition) is 2. The average Bonchev–Trinajstić information content (AvgIpc) is 3.55. The van der Waals surface area contributed by atoms with Crippen LogP contribution in [0.2, 0.25) is 0 Å². The summed E-state index contributed by atoms with van der Waals surface area (Å²) in [6.07, 6.45) is 7.15. The summed E-state index contributed by atoms with van der Waals surface area (Å²) in [5.41, 5.74) is 0. The predicted octanol–water partition coefficient (Wildman–Crippen LogP) is 5.12. The predicted molar refractivity (Wildman–Crippen MR) is 156 cm³/mol. The fraction of sp³-hybridized carbons (Fsp3) is 0.840. The molecule has 0 spiro atoms. The topological polar surface area (TPSA) is 115 Å². The third-order valence-corrected chi connectivity index (χ3v) is 12.7. The summed E-state index contributed by atoms with van der Waals surface area (Å²) in [5, 5.41) is 19.1. The fourth-order valence-electron chi connectivity index (χ4n) is 4.58. The molecule has 2 rings (SSSR count). The molecule has 37 heavy (non-hydrogen) atoms. The molecule has 0 aromatic rings. The Bertz CT molecular complexity index is 773. The van der Waals surface area contributed by atoms with Crippen LogP contribution in [0.3, 0.4) is 0 Å². The molecule has 212 valence electrons. The van der Waals surface area contributed by atoms with E-state index in [0.717, 1.165) is 37.9 Å². The molecule has 12 heteroatoms. The highest BCUT2D eigenvalue weighted by Gasteiger charge is 2.36. The molecule has 2 N–H and O–H groups in total. The summed E-state index contributed by atoms with van der Waals surface area (Å²) in [5.74, 6) is -0.154. The van der Waals surface area contributed by atoms with Crippen molar-refractivity contribution in [3.63, 3.8) is 0 Å². The number of aliphatic carboxylic acids is 2. The molecule has 2 amide bonds. The molecule has 0 unspecified atom stereocenters. The van der Waals surface area contributed by atoms with Crippen molar-refractivity contribution in [1.29, 1.82) is 0 Å². The molecule has 2 fully saturated rings. The Balaban J connectivity index is 1.74. The van der Waals surface area contributed by atoms with E-state index in [1.54, 1.807) is 32.4 Å². The van der Waals surface area contributed by atoms with Crippen molar-refractivity contribution >= 4 is 66.9 Å². The van der Waals surface area contributed by atoms with Crippen molar-refractivity contribution in [2.24, 2.45) is 11.8 Å². The lowest BCUT2D eigenvalue weighted by Crippen LogP contribution is -2.43. The summed E-state index contributed by atoms with van der Waals surface area (Å²) in [6.45, 7) is 7.01. The maximum Gasteiger partial charge on any atom is 0.326 e. The molecule has 5 atom stereocenters. The Labute approximate surface area is 237 Å². The van der Waals surface area contributed by atoms with E-state index in [0.29, 0.717) is 42.7 Å². The maximum absolute atomic E-state index is 12.8. The summed E-state index contributed by atoms with van der Waals surface area (Å²) in [4.78, 5) is 51.4. The molecule has 0 bridgehead atoms. The normalized spacial score (nSPS) is 22.1. The number of carboxylic acids is 2. The number of unbranched alkanes of at least 4 members (excludes halogenated alkanes) is 2. The second-order valence-corrected chi connectivity index (χ2v) is 15.2. The van der Waals surface area contributed by atoms with Crippen LogP contribution < -0.4 is 0 Å². The summed E-state index contributed by atoms with van der Waals surface area (Å²) in [6, 6.07) is -1.36. The van der Waals surface area contributed by atoms with Crippen molar-refractivity contribution in [2.75, 3.05) is 30.3 Å². The van der Waals surface area contributed by atoms with Gasteiger partial charge in [-0.15, -0.1) is 0 Å². The first-order valence-electron chi connectivity index (χ1n) is 13.3. The third kappa shape index (κ3) is 10.4. The van der Waals surface area contributed by atoms with E-state index in [4.69, 9.17) is 0 Å². The van der Waals surface area contributed by atoms with Crippen LogP contribution >= 0.6 is 43.2 Å². The van der Waals surface area contributed by atoms with Crippen LogP contribution in [0.1, 0.15) is 72.1 Å². The summed E-state index contributed by atoms with van der Waals surface area (Å²) >= 11 is 0. The molecule has 0 aliphatic carbocycles. The highest BCUT2D eigenvalue weighted by atomic mass is 33.1. The maximum atomic E-state index is 12.8. The minimum absolute atomic E-state index is 0.0627. The lowest BCUT2D eigenvalue weighted by atomic mass is 10.1. The van der Waals surface area contributed by atoms with Crippen molar-refractivity contribution in [3.05, 3.63) is 0 Å². The van der Waals surface area contributed by atoms with Gasteiger partial charge in [-0.2, -0.15) is 0 Å². The van der Waals surface area contributed by atoms with E-state index in [1.165, 1.54) is 16.2 Å². The molecule has 2 heterocycles. The van der Waals surface area contributed by atoms with E-state index >= 15 is 0 Å². The largest absolute Gasteiger partial charge is 0.480 e. The van der Waals surface area contributed by atoms with Crippen LogP contribution in [0.5, 0.6) is 0 Å². The number of carbonyl (C=O) groups is 4. The van der Waals surface area contributed by atoms with Gasteiger partial charge in [-0.1, -0.05) is 83.2 Å². The Hall–Kier alpha value is -0.720. The summed E-state index contributed by atoms with van der Waals surface area (Å²) in [7, 11) is 6.94. The van der Waals surface area contributed by atoms with E-state index in [1.807, 2.05) is 24.6 Å². The van der Waals surface area contributed by atoms with E-state index in [9.17, 15) is 29.4 Å². The summed E-state index contributed by atoms with van der Waals surface area (Å²) < 4.78 is 0. The first kappa shape index (κ1) is 32.5. The van der Waals surface area contributed by atoms with Crippen LogP contribution in [-0.4, -0.2) is 91.4 Å². The van der Waals surface area contributed by atoms with E-state index in [-0.39, 0.29) is 23.7 Å². The highest BCUT2D eigenvalue weighted by Crippen LogP contribution is 2.37. The second kappa shape index (κ2) is 17.1. The minimum atomic E-state index is -0.914. The van der Waals surface area contributed by atoms with Gasteiger partial charge in [-0.25, -0.2) is 9.59 Å². The Kier molecular flexibility index (Phi) is 15.0. The van der Waals surface area contributed by atoms with Gasteiger partial charge in [0.05, 0.1) is 0 Å². The van der Waals surface area contributed by atoms with Crippen LogP contribution in [-0.2, 0) is 19.2 Å². The number of amides is 2. The second-order valence-electron chi connectivity index (χ2n) is 9.93. The molecule has 0 aromatic carbocycles. The molecular formula is C25H42N2O6S4. The van der Waals surface area contributed by atoms with Crippen LogP contribution in [0.15, 0.2) is 0 Å². The van der Waals surface area contributed by atoms with Crippen molar-refractivity contribution in [3.8, 4) is 0 Å². The number of hydrogen-bond acceptors (Lipinski definition) is 8. The number of carbonyl (C=O) groups excluding carboxylic acids is 2. The van der Waals surface area contributed by atoms with Gasteiger partial charge in [0.2, 0.25) is 11.8 Å². The van der Waals surface area contributed by atoms with Gasteiger partial charge >= 0.3 is 11.9 Å². The van der Waals surface area contributed by atoms with Gasteiger partial charge < -0.3 is 20.0 Å². The Morgan fingerprint density at radius 1 is 0.784 bits per heavy atom. The molecule has 0 radical (unpaired) electrons. The van der Waals surface area contributed by atoms with Gasteiger partial charge in [0.1, 0.15) is 12.1 Å². The van der Waals surface area contributed by atoms with Crippen molar-refractivity contribution in [1.82, 2.24) is 9.80 Å². The van der Waals surface area contributed by atoms with Crippen LogP contribution in [0.4, 0.5) is 0 Å². The van der Waals surface area contributed by atoms with Crippen LogP contribution in [0, 0.1) is 11.8 Å². The van der Waals surface area contributed by atoms with Gasteiger partial charge in [-0.3, -0.25) is 9.59 Å². The van der Waals surface area contributed by atoms with Gasteiger partial charge in [-0.05, 0) is 32.1 Å². The molecular weight excluding hydrogens is 553 g/mol. The zero-order valence-electron chi connectivity index (χ0n) is 22.1. The first-order valence-corrected chi connectivity index (χ1v) is 18.1. The minimum Gasteiger partial charge on any atom is -0.480 e. The number of likely N-dealkylation sites (tertiary alicyclic amines) is 2. The number of carboxylic acid groups (broad SMARTS) is 2. The molecule has 8 nitrogen and oxygen atoms in total. The first-order chi connectivity index (χ1) is 17.7. The van der Waals surface area contributed by atoms with E-state index in [2.05, 4.69) is 6.92 Å². The lowest BCUT2D eigenvalue weighted by Gasteiger charge is -2.25. The van der Waals surface area contributed by atoms with Gasteiger partial charge in [0, 0.05) is 47.4 Å². The van der Waals surface area contributed by atoms with Gasteiger partial charge in [0.15, 0.2) is 0 Å². The van der Waals surface area contributed by atoms with E-state index < -0.39 is 24.0 Å². The van der Waals surface area contributed by atoms with Crippen molar-refractivity contribution < 1.29 is 29.4 Å². The quantitative estimate of drug-likeness (QED) is 0.174. The molecule has 2 aliphatic rings. The molecule has 0 aromatic heterocycles. The number of rotatable bonds is 17. The zero-order valence-corrected chi connectivity index (χ0v) is 25.4. The Morgan fingerprint density at radius 3 is 1.76 bits per heavy atom. The lowest BCUT2D eigenvalue weighted by molar-refractivity contribution is -0.149. The van der Waals surface area contributed by atoms with Crippen LogP contribution in [0.25, 0.3) is 0 Å². The SMILES string of the molecule is CCCCC[C@@H](CSSC[C@@H](C)C(=O)N1CCC[C@H]1C(=O)O)SSC[C@@H](C)C(=O)N1CCC[C@H]1C(=O)O. The molecule has 2 saturated heterocycles. The third-order valence-electron chi connectivity index (χ3n) is 6.79. The van der Waals surface area contributed by atoms with Gasteiger partial charge in [0.25, 0.3) is 0 Å². The highest BCUT2D eigenvalue weighted by molar-refractivity contribution is 8.78. The van der Waals surface area contributed by atoms with Crippen molar-refractivity contribution in [2.45, 2.75) is 89.5 Å². The smallest absolute Gasteiger partial charge is 0.326 e. The monoisotopic (exact) mass is 594 g/mol. The Morgan fingerprint density at radius 2 is 1.27 bits per heavy atom. The molecule has 2 aliphatic heterocycles.